The van der Waals surface area contributed by atoms with Gasteiger partial charge in [0.25, 0.3) is 0 Å². The summed E-state index contributed by atoms with van der Waals surface area (Å²) in [6, 6.07) is 3.39. The second-order valence-corrected chi connectivity index (χ2v) is 6.16. The molecule has 0 aromatic carbocycles. The second kappa shape index (κ2) is 7.31. The van der Waals surface area contributed by atoms with Gasteiger partial charge in [-0.2, -0.15) is 11.8 Å². The number of thioether (sulfide) groups is 1. The summed E-state index contributed by atoms with van der Waals surface area (Å²) in [5, 5.41) is 8.97. The maximum Gasteiger partial charge on any atom is 0.320 e. The van der Waals surface area contributed by atoms with E-state index in [0.29, 0.717) is 18.8 Å². The van der Waals surface area contributed by atoms with Crippen molar-refractivity contribution in [2.75, 3.05) is 25.1 Å². The molecule has 0 spiro atoms. The first kappa shape index (κ1) is 15.6. The van der Waals surface area contributed by atoms with Crippen molar-refractivity contribution in [1.82, 2.24) is 14.8 Å². The molecule has 2 heterocycles. The van der Waals surface area contributed by atoms with E-state index in [1.54, 1.807) is 41.0 Å². The molecule has 1 atom stereocenters. The Morgan fingerprint density at radius 2 is 2.19 bits per heavy atom. The molecule has 2 rings (SSSR count). The van der Waals surface area contributed by atoms with E-state index in [0.717, 1.165) is 11.3 Å². The number of hydrogen-bond donors (Lipinski definition) is 1. The molecule has 0 bridgehead atoms. The van der Waals surface area contributed by atoms with E-state index in [1.165, 1.54) is 0 Å². The number of aromatic nitrogens is 1. The zero-order valence-electron chi connectivity index (χ0n) is 11.9. The van der Waals surface area contributed by atoms with Crippen LogP contribution in [0, 0.1) is 0 Å². The van der Waals surface area contributed by atoms with Gasteiger partial charge in [0.1, 0.15) is 0 Å². The van der Waals surface area contributed by atoms with Crippen LogP contribution in [0.5, 0.6) is 0 Å². The number of nitrogens with zero attached hydrogens (tertiary/aromatic N) is 3. The van der Waals surface area contributed by atoms with Crippen LogP contribution < -0.4 is 0 Å². The van der Waals surface area contributed by atoms with Crippen LogP contribution in [-0.4, -0.2) is 63.0 Å². The van der Waals surface area contributed by atoms with Crippen molar-refractivity contribution < 1.29 is 14.7 Å². The van der Waals surface area contributed by atoms with E-state index in [2.05, 4.69) is 4.98 Å². The number of amides is 2. The van der Waals surface area contributed by atoms with Crippen molar-refractivity contribution >= 4 is 23.8 Å². The summed E-state index contributed by atoms with van der Waals surface area (Å²) in [4.78, 5) is 30.7. The first-order valence-electron chi connectivity index (χ1n) is 6.78. The van der Waals surface area contributed by atoms with E-state index in [4.69, 9.17) is 5.11 Å². The number of aliphatic carboxylic acids is 1. The van der Waals surface area contributed by atoms with Crippen molar-refractivity contribution in [3.05, 3.63) is 30.1 Å². The summed E-state index contributed by atoms with van der Waals surface area (Å²) in [6.07, 6.45) is 3.39. The molecular formula is C14H19N3O3S. The number of carboxylic acids is 1. The number of hydrogen-bond acceptors (Lipinski definition) is 4. The van der Waals surface area contributed by atoms with Crippen molar-refractivity contribution in [1.29, 1.82) is 0 Å². The summed E-state index contributed by atoms with van der Waals surface area (Å²) < 4.78 is 0. The molecule has 6 nitrogen and oxygen atoms in total. The van der Waals surface area contributed by atoms with Crippen LogP contribution in [0.3, 0.4) is 0 Å². The summed E-state index contributed by atoms with van der Waals surface area (Å²) in [7, 11) is 1.74. The third-order valence-corrected chi connectivity index (χ3v) is 4.47. The largest absolute Gasteiger partial charge is 0.481 e. The third kappa shape index (κ3) is 4.35. The summed E-state index contributed by atoms with van der Waals surface area (Å²) in [6.45, 7) is 1.09. The van der Waals surface area contributed by atoms with Gasteiger partial charge >= 0.3 is 12.0 Å². The van der Waals surface area contributed by atoms with Gasteiger partial charge in [-0.15, -0.1) is 0 Å². The fourth-order valence-corrected chi connectivity index (χ4v) is 3.39. The van der Waals surface area contributed by atoms with Gasteiger partial charge in [-0.1, -0.05) is 0 Å². The number of carbonyl (C=O) groups excluding carboxylic acids is 1. The van der Waals surface area contributed by atoms with Crippen molar-refractivity contribution in [3.63, 3.8) is 0 Å². The van der Waals surface area contributed by atoms with Gasteiger partial charge in [-0.3, -0.25) is 9.78 Å². The van der Waals surface area contributed by atoms with E-state index >= 15 is 0 Å². The van der Waals surface area contributed by atoms with Gasteiger partial charge in [0.2, 0.25) is 0 Å². The number of rotatable bonds is 4. The number of pyridine rings is 1. The highest BCUT2D eigenvalue weighted by molar-refractivity contribution is 7.99. The van der Waals surface area contributed by atoms with Gasteiger partial charge in [-0.05, 0) is 17.7 Å². The van der Waals surface area contributed by atoms with E-state index in [1.807, 2.05) is 12.1 Å². The predicted molar refractivity (Wildman–Crippen MR) is 81.2 cm³/mol. The highest BCUT2D eigenvalue weighted by Gasteiger charge is 2.30. The molecule has 21 heavy (non-hydrogen) atoms. The minimum absolute atomic E-state index is 0.00182. The standard InChI is InChI=1S/C14H19N3O3S/c1-16(9-11-2-4-15-5-3-11)14(20)17-6-7-21-10-12(17)8-13(18)19/h2-5,12H,6-10H2,1H3,(H,18,19). The topological polar surface area (TPSA) is 73.7 Å². The Balaban J connectivity index is 2.00. The fourth-order valence-electron chi connectivity index (χ4n) is 2.33. The molecule has 0 aliphatic carbocycles. The molecule has 1 N–H and O–H groups in total. The zero-order valence-corrected chi connectivity index (χ0v) is 12.8. The minimum Gasteiger partial charge on any atom is -0.481 e. The van der Waals surface area contributed by atoms with Gasteiger partial charge < -0.3 is 14.9 Å². The molecule has 1 aromatic heterocycles. The van der Waals surface area contributed by atoms with E-state index < -0.39 is 5.97 Å². The Kier molecular flexibility index (Phi) is 5.44. The Hall–Kier alpha value is -1.76. The van der Waals surface area contributed by atoms with Gasteiger partial charge in [0.15, 0.2) is 0 Å². The molecule has 1 aromatic rings. The summed E-state index contributed by atoms with van der Waals surface area (Å²) >= 11 is 1.70. The van der Waals surface area contributed by atoms with Gasteiger partial charge in [-0.25, -0.2) is 4.79 Å². The van der Waals surface area contributed by atoms with Crippen LogP contribution >= 0.6 is 11.8 Å². The monoisotopic (exact) mass is 309 g/mol. The molecule has 7 heteroatoms. The Morgan fingerprint density at radius 3 is 2.86 bits per heavy atom. The van der Waals surface area contributed by atoms with Crippen LogP contribution in [0.15, 0.2) is 24.5 Å². The summed E-state index contributed by atoms with van der Waals surface area (Å²) in [5.41, 5.74) is 1.00. The Bertz CT molecular complexity index is 497. The number of carboxylic acid groups (broad SMARTS) is 1. The maximum absolute atomic E-state index is 12.5. The average Bonchev–Trinajstić information content (AvgIpc) is 2.47. The molecule has 114 valence electrons. The molecule has 0 saturated carbocycles. The average molecular weight is 309 g/mol. The molecule has 1 unspecified atom stereocenters. The normalized spacial score (nSPS) is 18.3. The lowest BCUT2D eigenvalue weighted by molar-refractivity contribution is -0.138. The number of urea groups is 1. The first-order valence-corrected chi connectivity index (χ1v) is 7.93. The van der Waals surface area contributed by atoms with Crippen molar-refractivity contribution in [2.24, 2.45) is 0 Å². The van der Waals surface area contributed by atoms with Gasteiger partial charge in [0.05, 0.1) is 12.5 Å². The molecular weight excluding hydrogens is 290 g/mol. The van der Waals surface area contributed by atoms with Crippen LogP contribution in [0.4, 0.5) is 4.79 Å². The smallest absolute Gasteiger partial charge is 0.320 e. The molecule has 1 saturated heterocycles. The second-order valence-electron chi connectivity index (χ2n) is 5.01. The van der Waals surface area contributed by atoms with Crippen LogP contribution in [0.2, 0.25) is 0 Å². The third-order valence-electron chi connectivity index (χ3n) is 3.38. The highest BCUT2D eigenvalue weighted by atomic mass is 32.2. The van der Waals surface area contributed by atoms with Crippen molar-refractivity contribution in [2.45, 2.75) is 19.0 Å². The van der Waals surface area contributed by atoms with Gasteiger partial charge in [0, 0.05) is 44.0 Å². The highest BCUT2D eigenvalue weighted by Crippen LogP contribution is 2.20. The lowest BCUT2D eigenvalue weighted by atomic mass is 10.2. The van der Waals surface area contributed by atoms with E-state index in [-0.39, 0.29) is 18.5 Å². The van der Waals surface area contributed by atoms with E-state index in [9.17, 15) is 9.59 Å². The molecule has 2 amide bonds. The van der Waals surface area contributed by atoms with Crippen LogP contribution in [0.1, 0.15) is 12.0 Å². The molecule has 1 aliphatic heterocycles. The molecule has 1 fully saturated rings. The van der Waals surface area contributed by atoms with Crippen LogP contribution in [0.25, 0.3) is 0 Å². The predicted octanol–water partition coefficient (Wildman–Crippen LogP) is 1.53. The SMILES string of the molecule is CN(Cc1ccncc1)C(=O)N1CCSCC1CC(=O)O. The molecule has 0 radical (unpaired) electrons. The fraction of sp³-hybridized carbons (Fsp3) is 0.500. The Labute approximate surface area is 128 Å². The maximum atomic E-state index is 12.5. The lowest BCUT2D eigenvalue weighted by Crippen LogP contribution is -2.51. The Morgan fingerprint density at radius 1 is 1.48 bits per heavy atom. The zero-order chi connectivity index (χ0) is 15.2. The quantitative estimate of drug-likeness (QED) is 0.913. The minimum atomic E-state index is -0.864. The van der Waals surface area contributed by atoms with Crippen molar-refractivity contribution in [3.8, 4) is 0 Å². The lowest BCUT2D eigenvalue weighted by Gasteiger charge is -2.37. The summed E-state index contributed by atoms with van der Waals surface area (Å²) in [5.74, 6) is 0.670. The number of carbonyl (C=O) groups is 2. The molecule has 1 aliphatic rings. The first-order chi connectivity index (χ1) is 10.1. The van der Waals surface area contributed by atoms with Crippen LogP contribution in [-0.2, 0) is 11.3 Å².